The number of carbonyl (C=O) groups is 2. The van der Waals surface area contributed by atoms with Crippen LogP contribution in [0.5, 0.6) is 0 Å². The first-order valence-electron chi connectivity index (χ1n) is 10.5. The fourth-order valence-electron chi connectivity index (χ4n) is 3.89. The predicted molar refractivity (Wildman–Crippen MR) is 119 cm³/mol. The molecule has 2 amide bonds. The van der Waals surface area contributed by atoms with E-state index in [4.69, 9.17) is 11.6 Å². The van der Waals surface area contributed by atoms with Gasteiger partial charge in [-0.3, -0.25) is 9.59 Å². The summed E-state index contributed by atoms with van der Waals surface area (Å²) in [5, 5.41) is 5.67. The molecular formula is C23H29ClN2O2S. The lowest BCUT2D eigenvalue weighted by atomic mass is 10.0. The standard InChI is InChI=1S/C23H29ClN2O2S/c1-2-3-14-26(21(27)16-18-11-8-15-29-18)22(19-12-6-7-13-20(19)24)23(28)25-17-9-4-5-10-17/h6-8,11-13,15,17,22H,2-5,9-10,14,16H2,1H3,(H,25,28)/t22-/m1/s1. The number of hydrogen-bond acceptors (Lipinski definition) is 3. The largest absolute Gasteiger partial charge is 0.351 e. The first-order valence-corrected chi connectivity index (χ1v) is 11.7. The third kappa shape index (κ3) is 5.83. The minimum Gasteiger partial charge on any atom is -0.351 e. The number of hydrogen-bond donors (Lipinski definition) is 1. The molecule has 3 rings (SSSR count). The van der Waals surface area contributed by atoms with E-state index >= 15 is 0 Å². The van der Waals surface area contributed by atoms with Gasteiger partial charge in [-0.2, -0.15) is 0 Å². The molecule has 156 valence electrons. The fourth-order valence-corrected chi connectivity index (χ4v) is 4.82. The van der Waals surface area contributed by atoms with Crippen molar-refractivity contribution in [2.45, 2.75) is 64.0 Å². The van der Waals surface area contributed by atoms with Gasteiger partial charge in [0, 0.05) is 28.0 Å². The molecule has 1 aliphatic carbocycles. The highest BCUT2D eigenvalue weighted by Gasteiger charge is 2.34. The molecule has 0 aliphatic heterocycles. The quantitative estimate of drug-likeness (QED) is 0.578. The van der Waals surface area contributed by atoms with Gasteiger partial charge in [0.05, 0.1) is 6.42 Å². The second-order valence-corrected chi connectivity index (χ2v) is 9.05. The number of carbonyl (C=O) groups excluding carboxylic acids is 2. The molecule has 1 saturated carbocycles. The molecule has 1 aliphatic rings. The molecule has 1 atom stereocenters. The maximum absolute atomic E-state index is 13.4. The topological polar surface area (TPSA) is 49.4 Å². The lowest BCUT2D eigenvalue weighted by molar-refractivity contribution is -0.140. The van der Waals surface area contributed by atoms with Crippen LogP contribution in [0.2, 0.25) is 5.02 Å². The molecule has 4 nitrogen and oxygen atoms in total. The molecule has 0 radical (unpaired) electrons. The second-order valence-electron chi connectivity index (χ2n) is 7.61. The number of amides is 2. The minimum absolute atomic E-state index is 0.0348. The van der Waals surface area contributed by atoms with E-state index in [9.17, 15) is 9.59 Å². The van der Waals surface area contributed by atoms with Crippen molar-refractivity contribution in [3.05, 3.63) is 57.2 Å². The number of benzene rings is 1. The molecule has 29 heavy (non-hydrogen) atoms. The molecule has 1 aromatic carbocycles. The summed E-state index contributed by atoms with van der Waals surface area (Å²) in [7, 11) is 0. The van der Waals surface area contributed by atoms with Gasteiger partial charge in [-0.15, -0.1) is 11.3 Å². The van der Waals surface area contributed by atoms with Crippen LogP contribution in [0.3, 0.4) is 0 Å². The van der Waals surface area contributed by atoms with Crippen molar-refractivity contribution in [2.75, 3.05) is 6.54 Å². The molecule has 6 heteroatoms. The zero-order valence-electron chi connectivity index (χ0n) is 16.9. The van der Waals surface area contributed by atoms with E-state index in [0.29, 0.717) is 23.6 Å². The molecule has 0 spiro atoms. The molecule has 0 bridgehead atoms. The third-order valence-corrected chi connectivity index (χ3v) is 6.66. The monoisotopic (exact) mass is 432 g/mol. The lowest BCUT2D eigenvalue weighted by Crippen LogP contribution is -2.47. The van der Waals surface area contributed by atoms with Crippen molar-refractivity contribution < 1.29 is 9.59 Å². The van der Waals surface area contributed by atoms with Crippen LogP contribution >= 0.6 is 22.9 Å². The van der Waals surface area contributed by atoms with Crippen LogP contribution in [-0.4, -0.2) is 29.3 Å². The molecule has 1 aromatic heterocycles. The van der Waals surface area contributed by atoms with E-state index in [0.717, 1.165) is 43.4 Å². The summed E-state index contributed by atoms with van der Waals surface area (Å²) in [4.78, 5) is 29.4. The van der Waals surface area contributed by atoms with Crippen LogP contribution in [0, 0.1) is 0 Å². The van der Waals surface area contributed by atoms with Gasteiger partial charge in [0.1, 0.15) is 6.04 Å². The van der Waals surface area contributed by atoms with Gasteiger partial charge < -0.3 is 10.2 Å². The molecule has 0 unspecified atom stereocenters. The number of unbranched alkanes of at least 4 members (excludes halogenated alkanes) is 1. The van der Waals surface area contributed by atoms with E-state index < -0.39 is 6.04 Å². The normalized spacial score (nSPS) is 15.2. The third-order valence-electron chi connectivity index (χ3n) is 5.44. The zero-order valence-corrected chi connectivity index (χ0v) is 18.5. The number of thiophene rings is 1. The molecule has 1 N–H and O–H groups in total. The zero-order chi connectivity index (χ0) is 20.6. The van der Waals surface area contributed by atoms with Crippen LogP contribution < -0.4 is 5.32 Å². The average molecular weight is 433 g/mol. The van der Waals surface area contributed by atoms with E-state index in [-0.39, 0.29) is 17.9 Å². The number of halogens is 1. The van der Waals surface area contributed by atoms with Gasteiger partial charge in [0.15, 0.2) is 0 Å². The Hall–Kier alpha value is -1.85. The number of nitrogens with one attached hydrogen (secondary N) is 1. The Morgan fingerprint density at radius 3 is 2.62 bits per heavy atom. The van der Waals surface area contributed by atoms with E-state index in [1.807, 2.05) is 35.7 Å². The molecular weight excluding hydrogens is 404 g/mol. The first kappa shape index (κ1) is 21.8. The van der Waals surface area contributed by atoms with Gasteiger partial charge in [0.25, 0.3) is 0 Å². The molecule has 1 fully saturated rings. The Morgan fingerprint density at radius 1 is 1.21 bits per heavy atom. The first-order chi connectivity index (χ1) is 14.1. The average Bonchev–Trinajstić information content (AvgIpc) is 3.40. The summed E-state index contributed by atoms with van der Waals surface area (Å²) in [6.07, 6.45) is 6.37. The maximum atomic E-state index is 13.4. The Bertz CT molecular complexity index is 803. The van der Waals surface area contributed by atoms with Crippen LogP contribution in [0.25, 0.3) is 0 Å². The van der Waals surface area contributed by atoms with E-state index in [2.05, 4.69) is 12.2 Å². The summed E-state index contributed by atoms with van der Waals surface area (Å²) in [5.74, 6) is -0.159. The van der Waals surface area contributed by atoms with Crippen LogP contribution in [0.15, 0.2) is 41.8 Å². The highest BCUT2D eigenvalue weighted by molar-refractivity contribution is 7.10. The summed E-state index contributed by atoms with van der Waals surface area (Å²) in [5.41, 5.74) is 0.695. The Balaban J connectivity index is 1.91. The summed E-state index contributed by atoms with van der Waals surface area (Å²) >= 11 is 8.05. The number of nitrogens with zero attached hydrogens (tertiary/aromatic N) is 1. The maximum Gasteiger partial charge on any atom is 0.247 e. The number of rotatable bonds is 9. The lowest BCUT2D eigenvalue weighted by Gasteiger charge is -2.32. The van der Waals surface area contributed by atoms with Gasteiger partial charge in [-0.05, 0) is 36.8 Å². The van der Waals surface area contributed by atoms with Crippen molar-refractivity contribution in [3.8, 4) is 0 Å². The molecule has 2 aromatic rings. The molecule has 1 heterocycles. The predicted octanol–water partition coefficient (Wildman–Crippen LogP) is 5.37. The van der Waals surface area contributed by atoms with E-state index in [1.165, 1.54) is 0 Å². The van der Waals surface area contributed by atoms with Gasteiger partial charge >= 0.3 is 0 Å². The Kier molecular flexibility index (Phi) is 8.13. The van der Waals surface area contributed by atoms with Crippen molar-refractivity contribution in [3.63, 3.8) is 0 Å². The summed E-state index contributed by atoms with van der Waals surface area (Å²) < 4.78 is 0. The van der Waals surface area contributed by atoms with Crippen LogP contribution in [0.4, 0.5) is 0 Å². The van der Waals surface area contributed by atoms with Gasteiger partial charge in [-0.1, -0.05) is 62.1 Å². The van der Waals surface area contributed by atoms with Crippen molar-refractivity contribution in [1.82, 2.24) is 10.2 Å². The highest BCUT2D eigenvalue weighted by Crippen LogP contribution is 2.30. The second kappa shape index (κ2) is 10.8. The molecule has 0 saturated heterocycles. The van der Waals surface area contributed by atoms with Gasteiger partial charge in [-0.25, -0.2) is 0 Å². The van der Waals surface area contributed by atoms with Gasteiger partial charge in [0.2, 0.25) is 11.8 Å². The summed E-state index contributed by atoms with van der Waals surface area (Å²) in [6, 6.07) is 10.8. The smallest absolute Gasteiger partial charge is 0.247 e. The Labute approximate surface area is 182 Å². The van der Waals surface area contributed by atoms with Crippen molar-refractivity contribution in [1.29, 1.82) is 0 Å². The minimum atomic E-state index is -0.705. The SMILES string of the molecule is CCCCN(C(=O)Cc1cccs1)[C@@H](C(=O)NC1CCCC1)c1ccccc1Cl. The van der Waals surface area contributed by atoms with Crippen LogP contribution in [-0.2, 0) is 16.0 Å². The van der Waals surface area contributed by atoms with Crippen molar-refractivity contribution in [2.24, 2.45) is 0 Å². The summed E-state index contributed by atoms with van der Waals surface area (Å²) in [6.45, 7) is 2.62. The Morgan fingerprint density at radius 2 is 1.97 bits per heavy atom. The van der Waals surface area contributed by atoms with Crippen LogP contribution in [0.1, 0.15) is 61.9 Å². The van der Waals surface area contributed by atoms with Crippen molar-refractivity contribution >= 4 is 34.8 Å². The van der Waals surface area contributed by atoms with E-state index in [1.54, 1.807) is 22.3 Å². The highest BCUT2D eigenvalue weighted by atomic mass is 35.5. The fraction of sp³-hybridized carbons (Fsp3) is 0.478.